The number of fused-ring (bicyclic) bond motifs is 1. The number of hydrogen-bond acceptors (Lipinski definition) is 4. The largest absolute Gasteiger partial charge is 0.383 e. The van der Waals surface area contributed by atoms with Gasteiger partial charge in [0, 0.05) is 18.1 Å². The van der Waals surface area contributed by atoms with Crippen molar-refractivity contribution >= 4 is 16.8 Å². The Morgan fingerprint density at radius 3 is 2.62 bits per heavy atom. The number of alkyl halides is 2. The third kappa shape index (κ3) is 2.62. The summed E-state index contributed by atoms with van der Waals surface area (Å²) in [5.74, 6) is -4.91. The first kappa shape index (κ1) is 16.7. The van der Waals surface area contributed by atoms with Gasteiger partial charge in [0.15, 0.2) is 0 Å². The Bertz CT molecular complexity index is 790. The molecule has 0 radical (unpaired) electrons. The fourth-order valence-electron chi connectivity index (χ4n) is 2.91. The van der Waals surface area contributed by atoms with Gasteiger partial charge in [0.25, 0.3) is 5.91 Å². The van der Waals surface area contributed by atoms with Crippen LogP contribution in [0, 0.1) is 6.92 Å². The molecule has 1 saturated carbocycles. The lowest BCUT2D eigenvalue weighted by Gasteiger charge is -2.42. The molecule has 1 aromatic carbocycles. The zero-order valence-electron chi connectivity index (χ0n) is 13.6. The fraction of sp³-hybridized carbons (Fsp3) is 0.471. The van der Waals surface area contributed by atoms with Crippen molar-refractivity contribution in [3.05, 3.63) is 35.8 Å². The molecule has 0 spiro atoms. The average molecular weight is 335 g/mol. The maximum atomic E-state index is 14.3. The predicted octanol–water partition coefficient (Wildman–Crippen LogP) is 2.45. The number of hydrogen-bond donors (Lipinski definition) is 1. The SMILES string of the molecule is Cc1nc(CN(C)C(=O)C(F)(F)C2(O)CCC2)nc2ccccc12. The summed E-state index contributed by atoms with van der Waals surface area (Å²) < 4.78 is 28.5. The second kappa shape index (κ2) is 5.73. The van der Waals surface area contributed by atoms with Crippen LogP contribution in [0.5, 0.6) is 0 Å². The lowest BCUT2D eigenvalue weighted by atomic mass is 9.75. The van der Waals surface area contributed by atoms with Crippen LogP contribution in [-0.4, -0.2) is 44.5 Å². The lowest BCUT2D eigenvalue weighted by Crippen LogP contribution is -2.60. The summed E-state index contributed by atoms with van der Waals surface area (Å²) in [5, 5.41) is 10.8. The quantitative estimate of drug-likeness (QED) is 0.932. The predicted molar refractivity (Wildman–Crippen MR) is 84.5 cm³/mol. The Labute approximate surface area is 138 Å². The molecule has 1 fully saturated rings. The second-order valence-electron chi connectivity index (χ2n) is 6.36. The van der Waals surface area contributed by atoms with Gasteiger partial charge < -0.3 is 10.0 Å². The molecule has 1 aliphatic rings. The van der Waals surface area contributed by atoms with Crippen LogP contribution in [-0.2, 0) is 11.3 Å². The lowest BCUT2D eigenvalue weighted by molar-refractivity contribution is -0.223. The Kier molecular flexibility index (Phi) is 3.99. The van der Waals surface area contributed by atoms with Gasteiger partial charge in [-0.15, -0.1) is 0 Å². The van der Waals surface area contributed by atoms with E-state index in [1.807, 2.05) is 18.2 Å². The molecule has 2 aromatic rings. The van der Waals surface area contributed by atoms with Gasteiger partial charge in [-0.3, -0.25) is 4.79 Å². The minimum atomic E-state index is -3.80. The van der Waals surface area contributed by atoms with Crippen LogP contribution in [0.3, 0.4) is 0 Å². The number of benzene rings is 1. The van der Waals surface area contributed by atoms with Crippen LogP contribution < -0.4 is 0 Å². The standard InChI is InChI=1S/C17H19F2N3O2/c1-11-12-6-3-4-7-13(12)21-14(20-11)10-22(2)15(23)17(18,19)16(24)8-5-9-16/h3-4,6-7,24H,5,8-10H2,1-2H3. The number of amides is 1. The van der Waals surface area contributed by atoms with Crippen LogP contribution in [0.15, 0.2) is 24.3 Å². The first-order valence-electron chi connectivity index (χ1n) is 7.83. The number of halogens is 2. The molecule has 128 valence electrons. The molecule has 1 heterocycles. The normalized spacial score (nSPS) is 16.7. The minimum absolute atomic E-state index is 0.0643. The third-order valence-corrected chi connectivity index (χ3v) is 4.60. The van der Waals surface area contributed by atoms with E-state index in [0.717, 1.165) is 16.0 Å². The highest BCUT2D eigenvalue weighted by atomic mass is 19.3. The first-order chi connectivity index (χ1) is 11.2. The highest BCUT2D eigenvalue weighted by Gasteiger charge is 2.61. The van der Waals surface area contributed by atoms with E-state index in [9.17, 15) is 18.7 Å². The van der Waals surface area contributed by atoms with Crippen LogP contribution in [0.4, 0.5) is 8.78 Å². The van der Waals surface area contributed by atoms with Gasteiger partial charge in [-0.25, -0.2) is 9.97 Å². The maximum Gasteiger partial charge on any atom is 0.352 e. The molecule has 1 N–H and O–H groups in total. The molecular formula is C17H19F2N3O2. The van der Waals surface area contributed by atoms with Crippen molar-refractivity contribution in [3.63, 3.8) is 0 Å². The van der Waals surface area contributed by atoms with Crippen LogP contribution >= 0.6 is 0 Å². The van der Waals surface area contributed by atoms with E-state index in [2.05, 4.69) is 9.97 Å². The molecule has 0 saturated heterocycles. The van der Waals surface area contributed by atoms with Crippen molar-refractivity contribution in [3.8, 4) is 0 Å². The number of nitrogens with zero attached hydrogens (tertiary/aromatic N) is 3. The fourth-order valence-corrected chi connectivity index (χ4v) is 2.91. The summed E-state index contributed by atoms with van der Waals surface area (Å²) >= 11 is 0. The van der Waals surface area contributed by atoms with Crippen molar-refractivity contribution < 1.29 is 18.7 Å². The molecule has 24 heavy (non-hydrogen) atoms. The molecule has 1 aromatic heterocycles. The number of rotatable bonds is 4. The topological polar surface area (TPSA) is 66.3 Å². The van der Waals surface area contributed by atoms with E-state index < -0.39 is 17.4 Å². The molecule has 1 amide bonds. The molecule has 0 aliphatic heterocycles. The van der Waals surface area contributed by atoms with E-state index in [1.54, 1.807) is 13.0 Å². The Hall–Kier alpha value is -2.15. The monoisotopic (exact) mass is 335 g/mol. The number of carbonyl (C=O) groups excluding carboxylic acids is 1. The summed E-state index contributed by atoms with van der Waals surface area (Å²) in [5.41, 5.74) is -0.801. The third-order valence-electron chi connectivity index (χ3n) is 4.60. The van der Waals surface area contributed by atoms with E-state index in [4.69, 9.17) is 0 Å². The van der Waals surface area contributed by atoms with Gasteiger partial charge in [0.1, 0.15) is 11.4 Å². The smallest absolute Gasteiger partial charge is 0.352 e. The molecule has 5 nitrogen and oxygen atoms in total. The van der Waals surface area contributed by atoms with Crippen molar-refractivity contribution in [1.82, 2.24) is 14.9 Å². The van der Waals surface area contributed by atoms with Crippen molar-refractivity contribution in [2.75, 3.05) is 7.05 Å². The minimum Gasteiger partial charge on any atom is -0.383 e. The molecule has 0 atom stereocenters. The molecule has 3 rings (SSSR count). The van der Waals surface area contributed by atoms with Crippen molar-refractivity contribution in [2.45, 2.75) is 44.3 Å². The number of aryl methyl sites for hydroxylation is 1. The summed E-state index contributed by atoms with van der Waals surface area (Å²) in [6, 6.07) is 7.38. The summed E-state index contributed by atoms with van der Waals surface area (Å²) in [7, 11) is 1.27. The van der Waals surface area contributed by atoms with Crippen LogP contribution in [0.25, 0.3) is 10.9 Å². The molecule has 0 unspecified atom stereocenters. The maximum absolute atomic E-state index is 14.3. The number of para-hydroxylation sites is 1. The van der Waals surface area contributed by atoms with Gasteiger partial charge in [0.05, 0.1) is 12.1 Å². The Balaban J connectivity index is 1.82. The molecule has 0 bridgehead atoms. The van der Waals surface area contributed by atoms with Gasteiger partial charge >= 0.3 is 5.92 Å². The van der Waals surface area contributed by atoms with E-state index in [1.165, 1.54) is 7.05 Å². The number of carbonyl (C=O) groups is 1. The van der Waals surface area contributed by atoms with Crippen molar-refractivity contribution in [2.24, 2.45) is 0 Å². The molecular weight excluding hydrogens is 316 g/mol. The Morgan fingerprint density at radius 1 is 1.33 bits per heavy atom. The highest BCUT2D eigenvalue weighted by molar-refractivity contribution is 5.85. The summed E-state index contributed by atoms with van der Waals surface area (Å²) in [6.45, 7) is 1.66. The van der Waals surface area contributed by atoms with Crippen LogP contribution in [0.1, 0.15) is 30.8 Å². The van der Waals surface area contributed by atoms with Gasteiger partial charge in [0.2, 0.25) is 0 Å². The average Bonchev–Trinajstić information content (AvgIpc) is 2.51. The number of aliphatic hydroxyl groups is 1. The zero-order chi connectivity index (χ0) is 17.5. The van der Waals surface area contributed by atoms with E-state index in [0.29, 0.717) is 17.8 Å². The second-order valence-corrected chi connectivity index (χ2v) is 6.36. The first-order valence-corrected chi connectivity index (χ1v) is 7.83. The zero-order valence-corrected chi connectivity index (χ0v) is 13.6. The van der Waals surface area contributed by atoms with E-state index >= 15 is 0 Å². The summed E-state index contributed by atoms with van der Waals surface area (Å²) in [4.78, 5) is 21.6. The number of aromatic nitrogens is 2. The van der Waals surface area contributed by atoms with Gasteiger partial charge in [-0.1, -0.05) is 18.2 Å². The Morgan fingerprint density at radius 2 is 2.00 bits per heavy atom. The summed E-state index contributed by atoms with van der Waals surface area (Å²) in [6.07, 6.45) is 0.367. The van der Waals surface area contributed by atoms with Crippen LogP contribution in [0.2, 0.25) is 0 Å². The van der Waals surface area contributed by atoms with Gasteiger partial charge in [-0.05, 0) is 32.3 Å². The van der Waals surface area contributed by atoms with Crippen molar-refractivity contribution in [1.29, 1.82) is 0 Å². The van der Waals surface area contributed by atoms with Gasteiger partial charge in [-0.2, -0.15) is 8.78 Å². The molecule has 7 heteroatoms. The molecule has 1 aliphatic carbocycles. The van der Waals surface area contributed by atoms with E-state index in [-0.39, 0.29) is 19.4 Å². The highest BCUT2D eigenvalue weighted by Crippen LogP contribution is 2.45.